The van der Waals surface area contributed by atoms with Crippen LogP contribution in [0, 0.1) is 0 Å². The van der Waals surface area contributed by atoms with E-state index in [-0.39, 0.29) is 18.3 Å². The van der Waals surface area contributed by atoms with Crippen LogP contribution in [0.1, 0.15) is 31.4 Å². The van der Waals surface area contributed by atoms with Gasteiger partial charge in [-0.1, -0.05) is 13.8 Å². The number of carbonyl (C=O) groups excluding carboxylic acids is 1. The van der Waals surface area contributed by atoms with E-state index >= 15 is 0 Å². The van der Waals surface area contributed by atoms with Crippen molar-refractivity contribution in [1.82, 2.24) is 14.8 Å². The van der Waals surface area contributed by atoms with E-state index in [1.807, 2.05) is 13.8 Å². The molecule has 1 rings (SSSR count). The Bertz CT molecular complexity index is 331. The van der Waals surface area contributed by atoms with Gasteiger partial charge in [0.2, 0.25) is 0 Å². The van der Waals surface area contributed by atoms with Gasteiger partial charge in [0.1, 0.15) is 12.2 Å². The molecule has 5 nitrogen and oxygen atoms in total. The Morgan fingerprint density at radius 2 is 2.21 bits per heavy atom. The number of methoxy groups -OCH3 is 1. The first kappa shape index (κ1) is 10.7. The molecule has 0 saturated heterocycles. The van der Waals surface area contributed by atoms with Gasteiger partial charge in [-0.3, -0.25) is 9.48 Å². The van der Waals surface area contributed by atoms with Gasteiger partial charge in [0, 0.05) is 13.0 Å². The lowest BCUT2D eigenvalue weighted by molar-refractivity contribution is -0.139. The number of hydrogen-bond acceptors (Lipinski definition) is 4. The summed E-state index contributed by atoms with van der Waals surface area (Å²) >= 11 is 0. The quantitative estimate of drug-likeness (QED) is 0.668. The first-order chi connectivity index (χ1) is 6.54. The summed E-state index contributed by atoms with van der Waals surface area (Å²) in [7, 11) is 3.14. The van der Waals surface area contributed by atoms with Crippen LogP contribution < -0.4 is 0 Å². The molecule has 78 valence electrons. The third-order valence-electron chi connectivity index (χ3n) is 1.92. The molecule has 0 amide bonds. The Morgan fingerprint density at radius 1 is 1.57 bits per heavy atom. The van der Waals surface area contributed by atoms with Crippen molar-refractivity contribution in [3.05, 3.63) is 11.6 Å². The number of ether oxygens (including phenoxy) is 1. The molecule has 0 fully saturated rings. The molecule has 1 aromatic heterocycles. The summed E-state index contributed by atoms with van der Waals surface area (Å²) in [6.07, 6.45) is 0.173. The van der Waals surface area contributed by atoms with E-state index in [1.165, 1.54) is 7.11 Å². The maximum atomic E-state index is 11.0. The van der Waals surface area contributed by atoms with Gasteiger partial charge in [-0.25, -0.2) is 4.98 Å². The van der Waals surface area contributed by atoms with Gasteiger partial charge in [0.15, 0.2) is 5.82 Å². The molecule has 0 aliphatic rings. The highest BCUT2D eigenvalue weighted by Crippen LogP contribution is 2.09. The van der Waals surface area contributed by atoms with E-state index in [0.717, 1.165) is 5.82 Å². The SMILES string of the molecule is COC(=O)Cc1nc(C(C)C)nn1C. The predicted molar refractivity (Wildman–Crippen MR) is 50.8 cm³/mol. The van der Waals surface area contributed by atoms with E-state index in [9.17, 15) is 4.79 Å². The lowest BCUT2D eigenvalue weighted by Crippen LogP contribution is -2.09. The molecule has 5 heteroatoms. The normalized spacial score (nSPS) is 10.6. The van der Waals surface area contributed by atoms with Gasteiger partial charge in [-0.15, -0.1) is 0 Å². The second-order valence-corrected chi connectivity index (χ2v) is 3.42. The maximum Gasteiger partial charge on any atom is 0.313 e. The van der Waals surface area contributed by atoms with E-state index in [4.69, 9.17) is 0 Å². The van der Waals surface area contributed by atoms with Gasteiger partial charge in [-0.05, 0) is 0 Å². The molecule has 0 aliphatic carbocycles. The van der Waals surface area contributed by atoms with Gasteiger partial charge in [-0.2, -0.15) is 5.10 Å². The molecule has 1 aromatic rings. The van der Waals surface area contributed by atoms with Crippen LogP contribution >= 0.6 is 0 Å². The van der Waals surface area contributed by atoms with Gasteiger partial charge < -0.3 is 4.74 Å². The second kappa shape index (κ2) is 4.21. The summed E-state index contributed by atoms with van der Waals surface area (Å²) in [5.74, 6) is 1.37. The van der Waals surface area contributed by atoms with Crippen LogP contribution in [-0.2, 0) is 23.0 Å². The van der Waals surface area contributed by atoms with Crippen molar-refractivity contribution in [3.63, 3.8) is 0 Å². The average Bonchev–Trinajstić information content (AvgIpc) is 2.48. The van der Waals surface area contributed by atoms with Crippen LogP contribution in [0.25, 0.3) is 0 Å². The lowest BCUT2D eigenvalue weighted by atomic mass is 10.2. The Labute approximate surface area is 83.1 Å². The summed E-state index contributed by atoms with van der Waals surface area (Å²) < 4.78 is 6.18. The van der Waals surface area contributed by atoms with E-state index < -0.39 is 0 Å². The molecular weight excluding hydrogens is 182 g/mol. The monoisotopic (exact) mass is 197 g/mol. The van der Waals surface area contributed by atoms with Gasteiger partial charge >= 0.3 is 5.97 Å². The number of carbonyl (C=O) groups is 1. The summed E-state index contributed by atoms with van der Waals surface area (Å²) in [5.41, 5.74) is 0. The predicted octanol–water partition coefficient (Wildman–Crippen LogP) is 0.654. The van der Waals surface area contributed by atoms with Crippen molar-refractivity contribution in [1.29, 1.82) is 0 Å². The van der Waals surface area contributed by atoms with Crippen LogP contribution in [-0.4, -0.2) is 27.8 Å². The van der Waals surface area contributed by atoms with Crippen LogP contribution in [0.5, 0.6) is 0 Å². The van der Waals surface area contributed by atoms with Gasteiger partial charge in [0.05, 0.1) is 7.11 Å². The number of rotatable bonds is 3. The minimum Gasteiger partial charge on any atom is -0.469 e. The van der Waals surface area contributed by atoms with Crippen molar-refractivity contribution >= 4 is 5.97 Å². The Morgan fingerprint density at radius 3 is 2.64 bits per heavy atom. The fraction of sp³-hybridized carbons (Fsp3) is 0.667. The molecule has 1 heterocycles. The van der Waals surface area contributed by atoms with E-state index in [1.54, 1.807) is 11.7 Å². The second-order valence-electron chi connectivity index (χ2n) is 3.42. The Kier molecular flexibility index (Phi) is 3.22. The molecule has 0 saturated carbocycles. The minimum atomic E-state index is -0.296. The number of aromatic nitrogens is 3. The van der Waals surface area contributed by atoms with Crippen molar-refractivity contribution in [2.45, 2.75) is 26.2 Å². The summed E-state index contributed by atoms with van der Waals surface area (Å²) in [6, 6.07) is 0. The number of hydrogen-bond donors (Lipinski definition) is 0. The van der Waals surface area contributed by atoms with Gasteiger partial charge in [0.25, 0.3) is 0 Å². The zero-order valence-corrected chi connectivity index (χ0v) is 8.94. The summed E-state index contributed by atoms with van der Waals surface area (Å²) in [6.45, 7) is 4.02. The van der Waals surface area contributed by atoms with Crippen LogP contribution in [0.2, 0.25) is 0 Å². The molecule has 0 N–H and O–H groups in total. The van der Waals surface area contributed by atoms with E-state index in [2.05, 4.69) is 14.8 Å². The number of esters is 1. The zero-order valence-electron chi connectivity index (χ0n) is 8.94. The third-order valence-corrected chi connectivity index (χ3v) is 1.92. The standard InChI is InChI=1S/C9H15N3O2/c1-6(2)9-10-7(12(3)11-9)5-8(13)14-4/h6H,5H2,1-4H3. The molecule has 0 unspecified atom stereocenters. The fourth-order valence-electron chi connectivity index (χ4n) is 1.04. The highest BCUT2D eigenvalue weighted by Gasteiger charge is 2.13. The summed E-state index contributed by atoms with van der Waals surface area (Å²) in [5, 5.41) is 4.20. The molecule has 0 spiro atoms. The molecule has 0 atom stereocenters. The van der Waals surface area contributed by atoms with Crippen LogP contribution in [0.4, 0.5) is 0 Å². The molecule has 0 aromatic carbocycles. The smallest absolute Gasteiger partial charge is 0.313 e. The molecule has 14 heavy (non-hydrogen) atoms. The number of aryl methyl sites for hydroxylation is 1. The first-order valence-corrected chi connectivity index (χ1v) is 4.51. The summed E-state index contributed by atoms with van der Waals surface area (Å²) in [4.78, 5) is 15.3. The highest BCUT2D eigenvalue weighted by atomic mass is 16.5. The zero-order chi connectivity index (χ0) is 10.7. The van der Waals surface area contributed by atoms with Crippen molar-refractivity contribution < 1.29 is 9.53 Å². The molecule has 0 radical (unpaired) electrons. The van der Waals surface area contributed by atoms with Crippen molar-refractivity contribution in [3.8, 4) is 0 Å². The lowest BCUT2D eigenvalue weighted by Gasteiger charge is -1.97. The molecule has 0 bridgehead atoms. The van der Waals surface area contributed by atoms with Crippen molar-refractivity contribution in [2.75, 3.05) is 7.11 Å². The number of nitrogens with zero attached hydrogens (tertiary/aromatic N) is 3. The van der Waals surface area contributed by atoms with Crippen LogP contribution in [0.3, 0.4) is 0 Å². The largest absolute Gasteiger partial charge is 0.469 e. The van der Waals surface area contributed by atoms with Crippen molar-refractivity contribution in [2.24, 2.45) is 7.05 Å². The maximum absolute atomic E-state index is 11.0. The Balaban J connectivity index is 2.82. The van der Waals surface area contributed by atoms with E-state index in [0.29, 0.717) is 5.82 Å². The molecular formula is C9H15N3O2. The molecule has 0 aliphatic heterocycles. The van der Waals surface area contributed by atoms with Crippen LogP contribution in [0.15, 0.2) is 0 Å². The Hall–Kier alpha value is -1.39. The average molecular weight is 197 g/mol. The highest BCUT2D eigenvalue weighted by molar-refractivity contribution is 5.71. The third kappa shape index (κ3) is 2.31. The minimum absolute atomic E-state index is 0.173. The first-order valence-electron chi connectivity index (χ1n) is 4.51. The topological polar surface area (TPSA) is 57.0 Å². The fourth-order valence-corrected chi connectivity index (χ4v) is 1.04.